The van der Waals surface area contributed by atoms with Gasteiger partial charge in [0.2, 0.25) is 6.79 Å². The molecule has 124 valence electrons. The summed E-state index contributed by atoms with van der Waals surface area (Å²) in [6.45, 7) is 3.10. The average molecular weight is 323 g/mol. The van der Waals surface area contributed by atoms with Gasteiger partial charge in [-0.25, -0.2) is 0 Å². The maximum absolute atomic E-state index is 10.7. The molecule has 1 heterocycles. The minimum Gasteiger partial charge on any atom is -0.507 e. The zero-order valence-corrected chi connectivity index (χ0v) is 14.2. The Morgan fingerprint density at radius 1 is 1.08 bits per heavy atom. The van der Waals surface area contributed by atoms with E-state index in [2.05, 4.69) is 37.2 Å². The van der Waals surface area contributed by atoms with E-state index in [1.54, 1.807) is 0 Å². The first-order chi connectivity index (χ1) is 11.6. The van der Waals surface area contributed by atoms with E-state index in [0.717, 1.165) is 51.6 Å². The number of likely N-dealkylation sites (N-methyl/N-ethyl adjacent to an activating group) is 1. The summed E-state index contributed by atoms with van der Waals surface area (Å²) >= 11 is 0. The first-order valence-electron chi connectivity index (χ1n) is 8.17. The normalized spacial score (nSPS) is 13.3. The number of benzene rings is 3. The lowest BCUT2D eigenvalue weighted by atomic mass is 9.94. The molecule has 0 aromatic heterocycles. The van der Waals surface area contributed by atoms with Crippen molar-refractivity contribution >= 4 is 21.5 Å². The van der Waals surface area contributed by atoms with Gasteiger partial charge in [0.15, 0.2) is 11.5 Å². The molecular weight excluding hydrogens is 302 g/mol. The van der Waals surface area contributed by atoms with Crippen LogP contribution in [0, 0.1) is 6.92 Å². The van der Waals surface area contributed by atoms with Gasteiger partial charge in [0.1, 0.15) is 5.75 Å². The van der Waals surface area contributed by atoms with Crippen LogP contribution in [0.5, 0.6) is 17.2 Å². The van der Waals surface area contributed by atoms with E-state index < -0.39 is 0 Å². The quantitative estimate of drug-likeness (QED) is 0.744. The molecule has 1 N–H and O–H groups in total. The van der Waals surface area contributed by atoms with E-state index in [1.165, 1.54) is 5.56 Å². The predicted molar refractivity (Wildman–Crippen MR) is 96.2 cm³/mol. The third-order valence-electron chi connectivity index (χ3n) is 4.71. The van der Waals surface area contributed by atoms with Crippen molar-refractivity contribution in [1.82, 2.24) is 4.90 Å². The molecule has 1 aliphatic heterocycles. The van der Waals surface area contributed by atoms with Gasteiger partial charge in [0, 0.05) is 17.3 Å². The van der Waals surface area contributed by atoms with E-state index in [9.17, 15) is 5.11 Å². The Bertz CT molecular complexity index is 947. The summed E-state index contributed by atoms with van der Waals surface area (Å²) in [5.41, 5.74) is 2.08. The number of fused-ring (bicyclic) bond motifs is 5. The fourth-order valence-electron chi connectivity index (χ4n) is 3.39. The third-order valence-corrected chi connectivity index (χ3v) is 4.71. The Morgan fingerprint density at radius 3 is 2.67 bits per heavy atom. The minimum absolute atomic E-state index is 0.227. The molecule has 0 radical (unpaired) electrons. The van der Waals surface area contributed by atoms with E-state index >= 15 is 0 Å². The lowest BCUT2D eigenvalue weighted by molar-refractivity contribution is 0.175. The maximum atomic E-state index is 10.7. The topological polar surface area (TPSA) is 41.9 Å². The minimum atomic E-state index is 0.227. The molecule has 3 aromatic rings. The SMILES string of the molecule is Cc1ccc2ccc3c(CCN(C)C)cc4c(c3c2c1O)OCO4. The Morgan fingerprint density at radius 2 is 1.88 bits per heavy atom. The highest BCUT2D eigenvalue weighted by Gasteiger charge is 2.23. The van der Waals surface area contributed by atoms with Crippen LogP contribution in [0.25, 0.3) is 21.5 Å². The lowest BCUT2D eigenvalue weighted by Crippen LogP contribution is -2.15. The number of nitrogens with zero attached hydrogens (tertiary/aromatic N) is 1. The molecule has 0 aliphatic carbocycles. The number of hydrogen-bond acceptors (Lipinski definition) is 4. The molecule has 0 spiro atoms. The van der Waals surface area contributed by atoms with Crippen LogP contribution < -0.4 is 9.47 Å². The zero-order valence-electron chi connectivity index (χ0n) is 14.2. The van der Waals surface area contributed by atoms with Crippen molar-refractivity contribution < 1.29 is 14.6 Å². The summed E-state index contributed by atoms with van der Waals surface area (Å²) in [4.78, 5) is 2.17. The van der Waals surface area contributed by atoms with Gasteiger partial charge in [-0.2, -0.15) is 0 Å². The number of rotatable bonds is 3. The van der Waals surface area contributed by atoms with Crippen molar-refractivity contribution in [1.29, 1.82) is 0 Å². The van der Waals surface area contributed by atoms with Gasteiger partial charge in [0.05, 0.1) is 0 Å². The van der Waals surface area contributed by atoms with Crippen LogP contribution in [0.4, 0.5) is 0 Å². The van der Waals surface area contributed by atoms with Crippen molar-refractivity contribution in [2.45, 2.75) is 13.3 Å². The molecule has 4 heteroatoms. The number of phenolic OH excluding ortho intramolecular Hbond substituents is 1. The summed E-state index contributed by atoms with van der Waals surface area (Å²) in [6, 6.07) is 10.2. The van der Waals surface area contributed by atoms with Crippen LogP contribution in [0.2, 0.25) is 0 Å². The van der Waals surface area contributed by atoms with Crippen LogP contribution in [-0.4, -0.2) is 37.4 Å². The molecule has 0 amide bonds. The van der Waals surface area contributed by atoms with Gasteiger partial charge in [-0.05, 0) is 55.4 Å². The third kappa shape index (κ3) is 2.26. The van der Waals surface area contributed by atoms with Gasteiger partial charge in [-0.15, -0.1) is 0 Å². The Labute approximate surface area is 141 Å². The maximum Gasteiger partial charge on any atom is 0.231 e. The largest absolute Gasteiger partial charge is 0.507 e. The van der Waals surface area contributed by atoms with E-state index in [4.69, 9.17) is 9.47 Å². The van der Waals surface area contributed by atoms with Crippen molar-refractivity contribution in [2.24, 2.45) is 0 Å². The number of phenols is 1. The molecule has 0 fully saturated rings. The summed E-state index contributed by atoms with van der Waals surface area (Å²) < 4.78 is 11.4. The van der Waals surface area contributed by atoms with E-state index in [1.807, 2.05) is 19.1 Å². The van der Waals surface area contributed by atoms with Gasteiger partial charge in [-0.3, -0.25) is 0 Å². The average Bonchev–Trinajstić information content (AvgIpc) is 3.03. The van der Waals surface area contributed by atoms with Crippen LogP contribution >= 0.6 is 0 Å². The Balaban J connectivity index is 2.08. The van der Waals surface area contributed by atoms with Crippen LogP contribution in [0.3, 0.4) is 0 Å². The number of hydrogen-bond donors (Lipinski definition) is 1. The molecule has 1 aliphatic rings. The summed E-state index contributed by atoms with van der Waals surface area (Å²) in [6.07, 6.45) is 0.915. The molecule has 3 aromatic carbocycles. The number of ether oxygens (including phenoxy) is 2. The first kappa shape index (κ1) is 15.1. The van der Waals surface area contributed by atoms with Crippen LogP contribution in [0.15, 0.2) is 30.3 Å². The second-order valence-electron chi connectivity index (χ2n) is 6.64. The lowest BCUT2D eigenvalue weighted by Gasteiger charge is -2.15. The fourth-order valence-corrected chi connectivity index (χ4v) is 3.39. The zero-order chi connectivity index (χ0) is 16.8. The first-order valence-corrected chi connectivity index (χ1v) is 8.17. The van der Waals surface area contributed by atoms with Gasteiger partial charge < -0.3 is 19.5 Å². The van der Waals surface area contributed by atoms with Crippen molar-refractivity contribution in [3.05, 3.63) is 41.5 Å². The van der Waals surface area contributed by atoms with Crippen LogP contribution in [-0.2, 0) is 6.42 Å². The van der Waals surface area contributed by atoms with Crippen molar-refractivity contribution in [3.63, 3.8) is 0 Å². The fraction of sp³-hybridized carbons (Fsp3) is 0.300. The summed E-state index contributed by atoms with van der Waals surface area (Å²) in [7, 11) is 4.14. The highest BCUT2D eigenvalue weighted by atomic mass is 16.7. The molecule has 0 saturated heterocycles. The smallest absolute Gasteiger partial charge is 0.231 e. The molecule has 4 nitrogen and oxygen atoms in total. The second-order valence-corrected chi connectivity index (χ2v) is 6.64. The molecule has 0 bridgehead atoms. The van der Waals surface area contributed by atoms with Gasteiger partial charge in [0.25, 0.3) is 0 Å². The molecule has 0 saturated carbocycles. The number of aryl methyl sites for hydroxylation is 1. The van der Waals surface area contributed by atoms with E-state index in [-0.39, 0.29) is 6.79 Å². The highest BCUT2D eigenvalue weighted by Crippen LogP contribution is 2.47. The van der Waals surface area contributed by atoms with Crippen molar-refractivity contribution in [3.8, 4) is 17.2 Å². The molecule has 0 unspecified atom stereocenters. The summed E-state index contributed by atoms with van der Waals surface area (Å²) in [5.74, 6) is 1.83. The van der Waals surface area contributed by atoms with Crippen LogP contribution in [0.1, 0.15) is 11.1 Å². The monoisotopic (exact) mass is 323 g/mol. The van der Waals surface area contributed by atoms with Gasteiger partial charge >= 0.3 is 0 Å². The van der Waals surface area contributed by atoms with E-state index in [0.29, 0.717) is 5.75 Å². The second kappa shape index (κ2) is 5.56. The standard InChI is InChI=1S/C20H21NO3/c1-12-4-5-13-6-7-15-14(8-9-21(2)3)10-16-20(24-11-23-16)18(15)17(13)19(12)22/h4-7,10,22H,8-9,11H2,1-3H3. The van der Waals surface area contributed by atoms with Crippen molar-refractivity contribution in [2.75, 3.05) is 27.4 Å². The predicted octanol–water partition coefficient (Wildman–Crippen LogP) is 3.84. The molecule has 24 heavy (non-hydrogen) atoms. The molecule has 4 rings (SSSR count). The highest BCUT2D eigenvalue weighted by molar-refractivity contribution is 6.15. The molecule has 0 atom stereocenters. The summed E-state index contributed by atoms with van der Waals surface area (Å²) in [5, 5.41) is 14.6. The Hall–Kier alpha value is -2.46. The molecular formula is C20H21NO3. The van der Waals surface area contributed by atoms with Gasteiger partial charge in [-0.1, -0.05) is 24.3 Å². The Kier molecular flexibility index (Phi) is 3.50. The number of aromatic hydroxyl groups is 1.